The minimum absolute atomic E-state index is 0.147. The summed E-state index contributed by atoms with van der Waals surface area (Å²) >= 11 is 0. The lowest BCUT2D eigenvalue weighted by Gasteiger charge is -2.47. The van der Waals surface area contributed by atoms with Crippen molar-refractivity contribution in [3.8, 4) is 0 Å². The van der Waals surface area contributed by atoms with Gasteiger partial charge in [-0.15, -0.1) is 13.2 Å². The third-order valence-corrected chi connectivity index (χ3v) is 4.44. The number of allylic oxidation sites excluding steroid dienone is 4. The lowest BCUT2D eigenvalue weighted by molar-refractivity contribution is -0.142. The van der Waals surface area contributed by atoms with E-state index in [0.29, 0.717) is 19.3 Å². The van der Waals surface area contributed by atoms with Gasteiger partial charge in [0.1, 0.15) is 11.6 Å². The Bertz CT molecular complexity index is 444. The molecule has 0 spiro atoms. The molecule has 0 N–H and O–H groups in total. The van der Waals surface area contributed by atoms with Crippen molar-refractivity contribution in [1.82, 2.24) is 0 Å². The number of fused-ring (bicyclic) bond motifs is 2. The SMILES string of the molecule is C=CCC(=O)[C@H]1C[C@@H]2CC(=O)[C@@]1(CC=C)C=C2C. The van der Waals surface area contributed by atoms with Gasteiger partial charge in [0.2, 0.25) is 0 Å². The molecule has 1 fully saturated rings. The number of Topliss-reactive ketones (excluding diaryl/α,β-unsaturated/α-hetero) is 2. The van der Waals surface area contributed by atoms with Gasteiger partial charge in [0.05, 0.1) is 5.41 Å². The second kappa shape index (κ2) is 4.68. The quantitative estimate of drug-likeness (QED) is 0.696. The molecule has 0 saturated heterocycles. The molecule has 0 heterocycles. The van der Waals surface area contributed by atoms with Crippen molar-refractivity contribution in [3.05, 3.63) is 37.0 Å². The normalized spacial score (nSPS) is 34.1. The Hall–Kier alpha value is -1.44. The Morgan fingerprint density at radius 2 is 2.22 bits per heavy atom. The lowest BCUT2D eigenvalue weighted by Crippen LogP contribution is -2.50. The first kappa shape index (κ1) is 13.0. The van der Waals surface area contributed by atoms with Crippen LogP contribution in [0.3, 0.4) is 0 Å². The number of ketones is 2. The van der Waals surface area contributed by atoms with Gasteiger partial charge in [0.25, 0.3) is 0 Å². The summed E-state index contributed by atoms with van der Waals surface area (Å²) in [7, 11) is 0. The van der Waals surface area contributed by atoms with Gasteiger partial charge in [-0.25, -0.2) is 0 Å². The zero-order valence-electron chi connectivity index (χ0n) is 10.9. The summed E-state index contributed by atoms with van der Waals surface area (Å²) in [6.45, 7) is 9.44. The summed E-state index contributed by atoms with van der Waals surface area (Å²) in [5, 5.41) is 0. The molecule has 0 aliphatic heterocycles. The van der Waals surface area contributed by atoms with Crippen LogP contribution in [0, 0.1) is 17.3 Å². The van der Waals surface area contributed by atoms with Crippen molar-refractivity contribution in [2.24, 2.45) is 17.3 Å². The Labute approximate surface area is 108 Å². The maximum absolute atomic E-state index is 12.4. The molecule has 3 aliphatic carbocycles. The molecule has 0 aromatic rings. The summed E-state index contributed by atoms with van der Waals surface area (Å²) < 4.78 is 0. The number of hydrogen-bond donors (Lipinski definition) is 0. The largest absolute Gasteiger partial charge is 0.299 e. The van der Waals surface area contributed by atoms with E-state index in [0.717, 1.165) is 6.42 Å². The van der Waals surface area contributed by atoms with Gasteiger partial charge in [-0.2, -0.15) is 0 Å². The molecule has 96 valence electrons. The Morgan fingerprint density at radius 1 is 1.50 bits per heavy atom. The molecule has 0 aromatic heterocycles. The predicted molar refractivity (Wildman–Crippen MR) is 72.0 cm³/mol. The van der Waals surface area contributed by atoms with E-state index >= 15 is 0 Å². The molecule has 3 atom stereocenters. The first-order chi connectivity index (χ1) is 8.55. The van der Waals surface area contributed by atoms with Crippen LogP contribution in [-0.2, 0) is 9.59 Å². The molecule has 3 aliphatic rings. The average molecular weight is 244 g/mol. The second-order valence-electron chi connectivity index (χ2n) is 5.49. The highest BCUT2D eigenvalue weighted by atomic mass is 16.1. The van der Waals surface area contributed by atoms with Crippen molar-refractivity contribution in [3.63, 3.8) is 0 Å². The summed E-state index contributed by atoms with van der Waals surface area (Å²) in [5.74, 6) is 0.451. The zero-order valence-corrected chi connectivity index (χ0v) is 10.9. The number of rotatable bonds is 5. The highest BCUT2D eigenvalue weighted by Gasteiger charge is 2.53. The molecule has 0 amide bonds. The first-order valence-corrected chi connectivity index (χ1v) is 6.52. The molecule has 1 saturated carbocycles. The zero-order chi connectivity index (χ0) is 13.3. The molecule has 0 unspecified atom stereocenters. The van der Waals surface area contributed by atoms with Crippen molar-refractivity contribution in [2.45, 2.75) is 32.6 Å². The van der Waals surface area contributed by atoms with Crippen LogP contribution in [-0.4, -0.2) is 11.6 Å². The van der Waals surface area contributed by atoms with Gasteiger partial charge >= 0.3 is 0 Å². The standard InChI is InChI=1S/C16H20O2/c1-4-6-14(17)13-8-12-9-15(18)16(13,7-5-2)10-11(12)3/h4-5,10,12-13H,1-2,6-9H2,3H3/t12-,13-,16+/m1/s1. The van der Waals surface area contributed by atoms with Crippen LogP contribution >= 0.6 is 0 Å². The van der Waals surface area contributed by atoms with E-state index in [9.17, 15) is 9.59 Å². The van der Waals surface area contributed by atoms with Crippen LogP contribution < -0.4 is 0 Å². The van der Waals surface area contributed by atoms with E-state index in [-0.39, 0.29) is 23.4 Å². The fraction of sp³-hybridized carbons (Fsp3) is 0.500. The van der Waals surface area contributed by atoms with Crippen LogP contribution in [0.25, 0.3) is 0 Å². The minimum Gasteiger partial charge on any atom is -0.299 e. The maximum Gasteiger partial charge on any atom is 0.144 e. The summed E-state index contributed by atoms with van der Waals surface area (Å²) in [5.41, 5.74) is 0.653. The fourth-order valence-corrected chi connectivity index (χ4v) is 3.50. The van der Waals surface area contributed by atoms with Crippen molar-refractivity contribution >= 4 is 11.6 Å². The smallest absolute Gasteiger partial charge is 0.144 e. The molecular weight excluding hydrogens is 224 g/mol. The lowest BCUT2D eigenvalue weighted by atomic mass is 9.53. The predicted octanol–water partition coefficient (Wildman–Crippen LogP) is 3.25. The van der Waals surface area contributed by atoms with Gasteiger partial charge in [0, 0.05) is 18.8 Å². The van der Waals surface area contributed by atoms with E-state index in [1.54, 1.807) is 12.2 Å². The van der Waals surface area contributed by atoms with Gasteiger partial charge in [-0.3, -0.25) is 9.59 Å². The number of hydrogen-bond acceptors (Lipinski definition) is 2. The van der Waals surface area contributed by atoms with E-state index in [1.165, 1.54) is 5.57 Å². The van der Waals surface area contributed by atoms with E-state index in [2.05, 4.69) is 20.1 Å². The molecule has 3 rings (SSSR count). The van der Waals surface area contributed by atoms with Crippen LogP contribution in [0.2, 0.25) is 0 Å². The van der Waals surface area contributed by atoms with Gasteiger partial charge in [-0.05, 0) is 25.7 Å². The molecular formula is C16H20O2. The fourth-order valence-electron chi connectivity index (χ4n) is 3.50. The second-order valence-corrected chi connectivity index (χ2v) is 5.49. The molecule has 0 aromatic carbocycles. The summed E-state index contributed by atoms with van der Waals surface area (Å²) in [6.07, 6.45) is 7.78. The maximum atomic E-state index is 12.4. The topological polar surface area (TPSA) is 34.1 Å². The van der Waals surface area contributed by atoms with Crippen molar-refractivity contribution < 1.29 is 9.59 Å². The Balaban J connectivity index is 2.43. The van der Waals surface area contributed by atoms with Crippen molar-refractivity contribution in [1.29, 1.82) is 0 Å². The number of carbonyl (C=O) groups excluding carboxylic acids is 2. The summed E-state index contributed by atoms with van der Waals surface area (Å²) in [6, 6.07) is 0. The highest BCUT2D eigenvalue weighted by Crippen LogP contribution is 2.52. The van der Waals surface area contributed by atoms with Gasteiger partial charge in [-0.1, -0.05) is 23.8 Å². The van der Waals surface area contributed by atoms with Crippen LogP contribution in [0.1, 0.15) is 32.6 Å². The Morgan fingerprint density at radius 3 is 2.83 bits per heavy atom. The van der Waals surface area contributed by atoms with E-state index in [4.69, 9.17) is 0 Å². The minimum atomic E-state index is -0.610. The van der Waals surface area contributed by atoms with E-state index in [1.807, 2.05) is 6.08 Å². The summed E-state index contributed by atoms with van der Waals surface area (Å²) in [4.78, 5) is 24.6. The molecule has 2 nitrogen and oxygen atoms in total. The number of carbonyl (C=O) groups is 2. The molecule has 2 bridgehead atoms. The van der Waals surface area contributed by atoms with Gasteiger partial charge < -0.3 is 0 Å². The Kier molecular flexibility index (Phi) is 3.38. The molecule has 18 heavy (non-hydrogen) atoms. The van der Waals surface area contributed by atoms with Crippen molar-refractivity contribution in [2.75, 3.05) is 0 Å². The average Bonchev–Trinajstić information content (AvgIpc) is 2.31. The first-order valence-electron chi connectivity index (χ1n) is 6.52. The van der Waals surface area contributed by atoms with Crippen LogP contribution in [0.15, 0.2) is 37.0 Å². The monoisotopic (exact) mass is 244 g/mol. The molecule has 2 heteroatoms. The molecule has 0 radical (unpaired) electrons. The third-order valence-electron chi connectivity index (χ3n) is 4.44. The third kappa shape index (κ3) is 1.80. The van der Waals surface area contributed by atoms with Crippen LogP contribution in [0.4, 0.5) is 0 Å². The highest BCUT2D eigenvalue weighted by molar-refractivity contribution is 5.97. The van der Waals surface area contributed by atoms with E-state index < -0.39 is 5.41 Å². The van der Waals surface area contributed by atoms with Crippen LogP contribution in [0.5, 0.6) is 0 Å². The van der Waals surface area contributed by atoms with Gasteiger partial charge in [0.15, 0.2) is 0 Å².